The van der Waals surface area contributed by atoms with Gasteiger partial charge in [0.15, 0.2) is 0 Å². The predicted octanol–water partition coefficient (Wildman–Crippen LogP) is 3.79. The topological polar surface area (TPSA) is 24.1 Å². The fraction of sp³-hybridized carbons (Fsp3) is 0.600. The Hall–Kier alpha value is -1.02. The van der Waals surface area contributed by atoms with Crippen LogP contribution in [0.3, 0.4) is 0 Å². The van der Waals surface area contributed by atoms with Gasteiger partial charge in [-0.25, -0.2) is 0 Å². The highest BCUT2D eigenvalue weighted by Gasteiger charge is 2.02. The standard InChI is InChI=1S/C15H26N2/c1-4-11-16-12-13-7-9-15(10-8-13)17-14(5-2)6-3/h7-10,14,16-17H,4-6,11-12H2,1-3H3. The number of hydrogen-bond acceptors (Lipinski definition) is 2. The minimum absolute atomic E-state index is 0.596. The Labute approximate surface area is 106 Å². The average Bonchev–Trinajstić information content (AvgIpc) is 2.38. The summed E-state index contributed by atoms with van der Waals surface area (Å²) in [5.74, 6) is 0. The van der Waals surface area contributed by atoms with E-state index in [0.29, 0.717) is 6.04 Å². The molecular weight excluding hydrogens is 208 g/mol. The molecule has 0 bridgehead atoms. The summed E-state index contributed by atoms with van der Waals surface area (Å²) in [5.41, 5.74) is 2.59. The molecule has 0 heterocycles. The van der Waals surface area contributed by atoms with E-state index in [1.54, 1.807) is 0 Å². The van der Waals surface area contributed by atoms with Crippen LogP contribution in [0.5, 0.6) is 0 Å². The van der Waals surface area contributed by atoms with Crippen molar-refractivity contribution in [1.29, 1.82) is 0 Å². The highest BCUT2D eigenvalue weighted by Crippen LogP contribution is 2.13. The highest BCUT2D eigenvalue weighted by atomic mass is 14.9. The van der Waals surface area contributed by atoms with Crippen molar-refractivity contribution in [2.24, 2.45) is 0 Å². The molecule has 0 atom stereocenters. The molecule has 0 radical (unpaired) electrons. The molecule has 1 aromatic rings. The minimum Gasteiger partial charge on any atom is -0.382 e. The molecule has 0 aliphatic carbocycles. The minimum atomic E-state index is 0.596. The molecule has 0 spiro atoms. The molecule has 0 aromatic heterocycles. The lowest BCUT2D eigenvalue weighted by Gasteiger charge is -2.16. The third-order valence-electron chi connectivity index (χ3n) is 3.07. The van der Waals surface area contributed by atoms with Crippen molar-refractivity contribution in [1.82, 2.24) is 5.32 Å². The second-order valence-electron chi connectivity index (χ2n) is 4.53. The van der Waals surface area contributed by atoms with Crippen molar-refractivity contribution < 1.29 is 0 Å². The molecule has 1 aromatic carbocycles. The summed E-state index contributed by atoms with van der Waals surface area (Å²) >= 11 is 0. The molecule has 96 valence electrons. The molecule has 0 saturated heterocycles. The molecule has 17 heavy (non-hydrogen) atoms. The zero-order valence-corrected chi connectivity index (χ0v) is 11.4. The van der Waals surface area contributed by atoms with Crippen LogP contribution in [-0.2, 0) is 6.54 Å². The van der Waals surface area contributed by atoms with E-state index in [4.69, 9.17) is 0 Å². The second-order valence-corrected chi connectivity index (χ2v) is 4.53. The zero-order chi connectivity index (χ0) is 12.5. The van der Waals surface area contributed by atoms with E-state index >= 15 is 0 Å². The van der Waals surface area contributed by atoms with Crippen molar-refractivity contribution in [3.05, 3.63) is 29.8 Å². The molecule has 2 N–H and O–H groups in total. The van der Waals surface area contributed by atoms with Gasteiger partial charge in [0.25, 0.3) is 0 Å². The SMILES string of the molecule is CCCNCc1ccc(NC(CC)CC)cc1. The van der Waals surface area contributed by atoms with Gasteiger partial charge in [-0.15, -0.1) is 0 Å². The van der Waals surface area contributed by atoms with Crippen LogP contribution in [0, 0.1) is 0 Å². The first-order valence-corrected chi connectivity index (χ1v) is 6.86. The van der Waals surface area contributed by atoms with E-state index in [2.05, 4.69) is 55.7 Å². The Morgan fingerprint density at radius 2 is 1.65 bits per heavy atom. The van der Waals surface area contributed by atoms with Gasteiger partial charge in [-0.2, -0.15) is 0 Å². The molecule has 0 amide bonds. The molecule has 0 saturated carbocycles. The first-order chi connectivity index (χ1) is 8.30. The number of rotatable bonds is 8. The van der Waals surface area contributed by atoms with Gasteiger partial charge in [0.2, 0.25) is 0 Å². The van der Waals surface area contributed by atoms with Crippen molar-refractivity contribution in [2.75, 3.05) is 11.9 Å². The van der Waals surface area contributed by atoms with Gasteiger partial charge in [-0.3, -0.25) is 0 Å². The van der Waals surface area contributed by atoms with Gasteiger partial charge < -0.3 is 10.6 Å². The Bertz CT molecular complexity index is 288. The Morgan fingerprint density at radius 3 is 2.18 bits per heavy atom. The average molecular weight is 234 g/mol. The summed E-state index contributed by atoms with van der Waals surface area (Å²) in [6, 6.07) is 9.36. The number of hydrogen-bond donors (Lipinski definition) is 2. The van der Waals surface area contributed by atoms with E-state index in [1.165, 1.54) is 30.5 Å². The number of benzene rings is 1. The quantitative estimate of drug-likeness (QED) is 0.669. The van der Waals surface area contributed by atoms with Gasteiger partial charge in [0.1, 0.15) is 0 Å². The van der Waals surface area contributed by atoms with Gasteiger partial charge in [0, 0.05) is 18.3 Å². The summed E-state index contributed by atoms with van der Waals surface area (Å²) in [5, 5.41) is 6.97. The monoisotopic (exact) mass is 234 g/mol. The van der Waals surface area contributed by atoms with Crippen molar-refractivity contribution in [2.45, 2.75) is 52.6 Å². The van der Waals surface area contributed by atoms with Gasteiger partial charge in [0.05, 0.1) is 0 Å². The molecule has 0 unspecified atom stereocenters. The van der Waals surface area contributed by atoms with Gasteiger partial charge >= 0.3 is 0 Å². The van der Waals surface area contributed by atoms with E-state index in [-0.39, 0.29) is 0 Å². The number of anilines is 1. The Kier molecular flexibility index (Phi) is 6.71. The van der Waals surface area contributed by atoms with E-state index in [0.717, 1.165) is 13.1 Å². The Balaban J connectivity index is 2.44. The summed E-state index contributed by atoms with van der Waals surface area (Å²) in [6.07, 6.45) is 3.54. The predicted molar refractivity (Wildman–Crippen MR) is 76.4 cm³/mol. The van der Waals surface area contributed by atoms with Gasteiger partial charge in [-0.1, -0.05) is 32.9 Å². The van der Waals surface area contributed by atoms with Crippen LogP contribution >= 0.6 is 0 Å². The largest absolute Gasteiger partial charge is 0.382 e. The lowest BCUT2D eigenvalue weighted by atomic mass is 10.1. The van der Waals surface area contributed by atoms with Gasteiger partial charge in [-0.05, 0) is 43.5 Å². The molecular formula is C15H26N2. The van der Waals surface area contributed by atoms with Crippen molar-refractivity contribution >= 4 is 5.69 Å². The summed E-state index contributed by atoms with van der Waals surface area (Å²) in [6.45, 7) is 8.71. The molecule has 2 heteroatoms. The summed E-state index contributed by atoms with van der Waals surface area (Å²) in [7, 11) is 0. The normalized spacial score (nSPS) is 10.8. The highest BCUT2D eigenvalue weighted by molar-refractivity contribution is 5.45. The fourth-order valence-corrected chi connectivity index (χ4v) is 1.86. The van der Waals surface area contributed by atoms with Crippen LogP contribution < -0.4 is 10.6 Å². The van der Waals surface area contributed by atoms with Crippen LogP contribution in [0.25, 0.3) is 0 Å². The summed E-state index contributed by atoms with van der Waals surface area (Å²) in [4.78, 5) is 0. The Morgan fingerprint density at radius 1 is 1.00 bits per heavy atom. The molecule has 0 aliphatic heterocycles. The maximum Gasteiger partial charge on any atom is 0.0342 e. The van der Waals surface area contributed by atoms with E-state index in [9.17, 15) is 0 Å². The first kappa shape index (κ1) is 14.0. The maximum absolute atomic E-state index is 3.55. The molecule has 2 nitrogen and oxygen atoms in total. The first-order valence-electron chi connectivity index (χ1n) is 6.86. The van der Waals surface area contributed by atoms with Crippen LogP contribution in [0.4, 0.5) is 5.69 Å². The smallest absolute Gasteiger partial charge is 0.0342 e. The van der Waals surface area contributed by atoms with Crippen LogP contribution in [0.2, 0.25) is 0 Å². The van der Waals surface area contributed by atoms with Crippen LogP contribution in [0.15, 0.2) is 24.3 Å². The summed E-state index contributed by atoms with van der Waals surface area (Å²) < 4.78 is 0. The molecule has 0 fully saturated rings. The fourth-order valence-electron chi connectivity index (χ4n) is 1.86. The molecule has 1 rings (SSSR count). The molecule has 0 aliphatic rings. The van der Waals surface area contributed by atoms with Crippen molar-refractivity contribution in [3.8, 4) is 0 Å². The van der Waals surface area contributed by atoms with E-state index < -0.39 is 0 Å². The third kappa shape index (κ3) is 5.22. The van der Waals surface area contributed by atoms with Crippen molar-refractivity contribution in [3.63, 3.8) is 0 Å². The lowest BCUT2D eigenvalue weighted by Crippen LogP contribution is -2.17. The van der Waals surface area contributed by atoms with Crippen LogP contribution in [-0.4, -0.2) is 12.6 Å². The van der Waals surface area contributed by atoms with E-state index in [1.807, 2.05) is 0 Å². The number of nitrogens with one attached hydrogen (secondary N) is 2. The maximum atomic E-state index is 3.55. The van der Waals surface area contributed by atoms with Crippen LogP contribution in [0.1, 0.15) is 45.6 Å². The lowest BCUT2D eigenvalue weighted by molar-refractivity contribution is 0.670. The zero-order valence-electron chi connectivity index (χ0n) is 11.4. The third-order valence-corrected chi connectivity index (χ3v) is 3.07. The second kappa shape index (κ2) is 8.13.